The molecule has 6 nitrogen and oxygen atoms in total. The van der Waals surface area contributed by atoms with Crippen molar-refractivity contribution in [2.24, 2.45) is 5.14 Å². The van der Waals surface area contributed by atoms with Crippen molar-refractivity contribution in [3.05, 3.63) is 35.5 Å². The normalized spacial score (nSPS) is 11.5. The molecule has 0 fully saturated rings. The zero-order valence-electron chi connectivity index (χ0n) is 13.7. The first-order valence-corrected chi connectivity index (χ1v) is 10.0. The molecule has 1 heterocycles. The van der Waals surface area contributed by atoms with Crippen LogP contribution in [0.2, 0.25) is 0 Å². The number of sulfonamides is 1. The number of primary sulfonamides is 1. The summed E-state index contributed by atoms with van der Waals surface area (Å²) in [5, 5.41) is 5.52. The first-order valence-electron chi connectivity index (χ1n) is 7.67. The van der Waals surface area contributed by atoms with Gasteiger partial charge in [-0.3, -0.25) is 4.79 Å². The van der Waals surface area contributed by atoms with E-state index in [0.717, 1.165) is 29.7 Å². The van der Waals surface area contributed by atoms with Crippen molar-refractivity contribution in [1.29, 1.82) is 0 Å². The molecule has 0 saturated heterocycles. The fourth-order valence-corrected chi connectivity index (χ4v) is 3.61. The predicted molar refractivity (Wildman–Crippen MR) is 95.4 cm³/mol. The van der Waals surface area contributed by atoms with Crippen LogP contribution in [0.15, 0.2) is 35.4 Å². The molecule has 0 aliphatic rings. The highest BCUT2D eigenvalue weighted by Gasteiger charge is 2.16. The average Bonchev–Trinajstić information content (AvgIpc) is 3.03. The van der Waals surface area contributed by atoms with Gasteiger partial charge in [0.05, 0.1) is 9.77 Å². The van der Waals surface area contributed by atoms with Crippen molar-refractivity contribution in [2.75, 3.05) is 13.6 Å². The molecule has 0 atom stereocenters. The highest BCUT2D eigenvalue weighted by molar-refractivity contribution is 7.89. The van der Waals surface area contributed by atoms with Crippen molar-refractivity contribution < 1.29 is 13.2 Å². The summed E-state index contributed by atoms with van der Waals surface area (Å²) in [5.41, 5.74) is 0.799. The van der Waals surface area contributed by atoms with E-state index in [4.69, 9.17) is 5.14 Å². The number of benzene rings is 1. The molecule has 1 aromatic carbocycles. The van der Waals surface area contributed by atoms with E-state index in [-0.39, 0.29) is 10.8 Å². The maximum atomic E-state index is 12.3. The Balaban J connectivity index is 2.11. The largest absolute Gasteiger partial charge is 0.340 e. The maximum Gasteiger partial charge on any atom is 0.282 e. The summed E-state index contributed by atoms with van der Waals surface area (Å²) in [4.78, 5) is 19.1. The summed E-state index contributed by atoms with van der Waals surface area (Å²) in [5.74, 6) is -0.0940. The van der Waals surface area contributed by atoms with Crippen molar-refractivity contribution in [3.8, 4) is 10.4 Å². The van der Waals surface area contributed by atoms with Crippen molar-refractivity contribution in [3.63, 3.8) is 0 Å². The number of carbonyl (C=O) groups is 1. The van der Waals surface area contributed by atoms with Crippen LogP contribution < -0.4 is 5.14 Å². The topological polar surface area (TPSA) is 93.4 Å². The number of aromatic nitrogens is 1. The van der Waals surface area contributed by atoms with Crippen molar-refractivity contribution in [2.45, 2.75) is 31.1 Å². The molecular formula is C16H21N3O3S2. The number of nitrogens with zero attached hydrogens (tertiary/aromatic N) is 2. The molecule has 2 N–H and O–H groups in total. The van der Waals surface area contributed by atoms with Gasteiger partial charge in [-0.1, -0.05) is 31.9 Å². The molecule has 1 amide bonds. The van der Waals surface area contributed by atoms with Crippen LogP contribution in [0.4, 0.5) is 0 Å². The molecule has 2 aromatic rings. The second-order valence-electron chi connectivity index (χ2n) is 5.53. The van der Waals surface area contributed by atoms with Gasteiger partial charge in [-0.05, 0) is 24.1 Å². The molecule has 8 heteroatoms. The number of amides is 1. The molecule has 24 heavy (non-hydrogen) atoms. The quantitative estimate of drug-likeness (QED) is 0.761. The second-order valence-corrected chi connectivity index (χ2v) is 8.12. The monoisotopic (exact) mass is 367 g/mol. The Labute approximate surface area is 146 Å². The van der Waals surface area contributed by atoms with E-state index in [1.807, 2.05) is 0 Å². The summed E-state index contributed by atoms with van der Waals surface area (Å²) in [6.45, 7) is 2.83. The molecule has 0 spiro atoms. The van der Waals surface area contributed by atoms with E-state index in [1.165, 1.54) is 23.5 Å². The van der Waals surface area contributed by atoms with E-state index in [9.17, 15) is 13.2 Å². The molecule has 2 rings (SSSR count). The highest BCUT2D eigenvalue weighted by atomic mass is 32.2. The Bertz CT molecular complexity index is 798. The lowest BCUT2D eigenvalue weighted by Gasteiger charge is -2.14. The average molecular weight is 367 g/mol. The Kier molecular flexibility index (Phi) is 6.09. The van der Waals surface area contributed by atoms with Gasteiger partial charge >= 0.3 is 0 Å². The molecule has 0 bridgehead atoms. The van der Waals surface area contributed by atoms with Gasteiger partial charge in [0.15, 0.2) is 5.01 Å². The Hall–Kier alpha value is -1.77. The second kappa shape index (κ2) is 7.87. The first kappa shape index (κ1) is 18.6. The van der Waals surface area contributed by atoms with Crippen LogP contribution in [0.3, 0.4) is 0 Å². The predicted octanol–water partition coefficient (Wildman–Crippen LogP) is 2.72. The van der Waals surface area contributed by atoms with Gasteiger partial charge < -0.3 is 4.90 Å². The zero-order valence-corrected chi connectivity index (χ0v) is 15.4. The third kappa shape index (κ3) is 4.62. The lowest BCUT2D eigenvalue weighted by atomic mass is 10.2. The van der Waals surface area contributed by atoms with Gasteiger partial charge in [0.25, 0.3) is 5.91 Å². The summed E-state index contributed by atoms with van der Waals surface area (Å²) >= 11 is 1.29. The van der Waals surface area contributed by atoms with Gasteiger partial charge in [0, 0.05) is 19.8 Å². The maximum absolute atomic E-state index is 12.3. The van der Waals surface area contributed by atoms with Crippen LogP contribution in [-0.4, -0.2) is 37.8 Å². The van der Waals surface area contributed by atoms with Crippen LogP contribution in [0, 0.1) is 0 Å². The van der Waals surface area contributed by atoms with E-state index >= 15 is 0 Å². The van der Waals surface area contributed by atoms with Gasteiger partial charge in [-0.2, -0.15) is 0 Å². The van der Waals surface area contributed by atoms with Crippen LogP contribution in [0.1, 0.15) is 36.0 Å². The molecule has 0 unspecified atom stereocenters. The van der Waals surface area contributed by atoms with E-state index in [2.05, 4.69) is 11.9 Å². The number of hydrogen-bond acceptors (Lipinski definition) is 5. The molecule has 0 saturated carbocycles. The Morgan fingerprint density at radius 3 is 2.50 bits per heavy atom. The number of hydrogen-bond donors (Lipinski definition) is 1. The van der Waals surface area contributed by atoms with E-state index in [1.54, 1.807) is 30.3 Å². The van der Waals surface area contributed by atoms with Gasteiger partial charge in [-0.25, -0.2) is 18.5 Å². The SMILES string of the molecule is CCCCCN(C)C(=O)c1ncc(-c2ccc(S(N)(=O)=O)cc2)s1. The molecule has 130 valence electrons. The smallest absolute Gasteiger partial charge is 0.282 e. The van der Waals surface area contributed by atoms with E-state index in [0.29, 0.717) is 11.6 Å². The van der Waals surface area contributed by atoms with Gasteiger partial charge in [0.2, 0.25) is 10.0 Å². The summed E-state index contributed by atoms with van der Waals surface area (Å²) in [7, 11) is -1.93. The van der Waals surface area contributed by atoms with Crippen molar-refractivity contribution >= 4 is 27.3 Å². The standard InChI is InChI=1S/C16H21N3O3S2/c1-3-4-5-10-19(2)16(20)15-18-11-14(23-15)12-6-8-13(9-7-12)24(17,21)22/h6-9,11H,3-5,10H2,1-2H3,(H2,17,21,22). The fraction of sp³-hybridized carbons (Fsp3) is 0.375. The lowest BCUT2D eigenvalue weighted by Crippen LogP contribution is -2.27. The van der Waals surface area contributed by atoms with E-state index < -0.39 is 10.0 Å². The number of carbonyl (C=O) groups excluding carboxylic acids is 1. The Morgan fingerprint density at radius 1 is 1.25 bits per heavy atom. The summed E-state index contributed by atoms with van der Waals surface area (Å²) in [6, 6.07) is 6.21. The number of rotatable bonds is 7. The zero-order chi connectivity index (χ0) is 17.7. The molecular weight excluding hydrogens is 346 g/mol. The van der Waals surface area contributed by atoms with Crippen LogP contribution >= 0.6 is 11.3 Å². The highest BCUT2D eigenvalue weighted by Crippen LogP contribution is 2.27. The summed E-state index contributed by atoms with van der Waals surface area (Å²) in [6.07, 6.45) is 4.81. The minimum Gasteiger partial charge on any atom is -0.340 e. The first-order chi connectivity index (χ1) is 11.3. The fourth-order valence-electron chi connectivity index (χ4n) is 2.18. The Morgan fingerprint density at radius 2 is 1.92 bits per heavy atom. The third-order valence-corrected chi connectivity index (χ3v) is 5.56. The van der Waals surface area contributed by atoms with Crippen LogP contribution in [0.25, 0.3) is 10.4 Å². The van der Waals surface area contributed by atoms with Crippen molar-refractivity contribution in [1.82, 2.24) is 9.88 Å². The third-order valence-electron chi connectivity index (χ3n) is 3.60. The molecule has 1 aromatic heterocycles. The number of unbranched alkanes of at least 4 members (excludes halogenated alkanes) is 2. The lowest BCUT2D eigenvalue weighted by molar-refractivity contribution is 0.0792. The summed E-state index contributed by atoms with van der Waals surface area (Å²) < 4.78 is 22.5. The number of thiazole rings is 1. The van der Waals surface area contributed by atoms with Gasteiger partial charge in [-0.15, -0.1) is 11.3 Å². The minimum absolute atomic E-state index is 0.0581. The molecule has 0 radical (unpaired) electrons. The minimum atomic E-state index is -3.71. The number of nitrogens with two attached hydrogens (primary N) is 1. The molecule has 0 aliphatic carbocycles. The van der Waals surface area contributed by atoms with Gasteiger partial charge in [0.1, 0.15) is 0 Å². The van der Waals surface area contributed by atoms with Crippen LogP contribution in [-0.2, 0) is 10.0 Å². The van der Waals surface area contributed by atoms with Crippen LogP contribution in [0.5, 0.6) is 0 Å². The molecule has 0 aliphatic heterocycles.